The molecule has 2 atom stereocenters. The molecule has 314 valence electrons. The van der Waals surface area contributed by atoms with E-state index in [1.165, 1.54) is 64.9 Å². The SMILES string of the molecule is CCCCCCCCCCCCCCCC(=O)OC[C@H](COP(=O)([O-])OCC[N+](C)(C)C)OC(=O)CC/C(C)=C/Cc1c(O)c2c(c(C)c1OC)COC2=O. The molecule has 1 aliphatic rings. The number of phosphoric acid groups is 1. The van der Waals surface area contributed by atoms with E-state index < -0.39 is 38.4 Å². The summed E-state index contributed by atoms with van der Waals surface area (Å²) in [6.45, 7) is 5.31. The zero-order valence-corrected chi connectivity index (χ0v) is 35.4. The molecule has 0 spiro atoms. The molecule has 1 aliphatic heterocycles. The Morgan fingerprint density at radius 3 is 2.09 bits per heavy atom. The van der Waals surface area contributed by atoms with Crippen LogP contribution in [0.25, 0.3) is 0 Å². The number of cyclic esters (lactones) is 1. The van der Waals surface area contributed by atoms with Crippen molar-refractivity contribution < 1.29 is 61.4 Å². The fraction of sp³-hybridized carbons (Fsp3) is 0.732. The Kier molecular flexibility index (Phi) is 22.2. The number of nitrogens with zero attached hydrogens (tertiary/aromatic N) is 1. The molecule has 1 aromatic rings. The van der Waals surface area contributed by atoms with Gasteiger partial charge in [-0.3, -0.25) is 14.2 Å². The van der Waals surface area contributed by atoms with Gasteiger partial charge in [-0.1, -0.05) is 95.6 Å². The number of methoxy groups -OCH3 is 1. The number of aromatic hydroxyl groups is 1. The Labute approximate surface area is 329 Å². The first-order valence-corrected chi connectivity index (χ1v) is 21.5. The largest absolute Gasteiger partial charge is 0.756 e. The second-order valence-electron chi connectivity index (χ2n) is 15.5. The van der Waals surface area contributed by atoms with Crippen LogP contribution in [0.15, 0.2) is 11.6 Å². The van der Waals surface area contributed by atoms with Crippen LogP contribution in [0, 0.1) is 6.92 Å². The summed E-state index contributed by atoms with van der Waals surface area (Å²) in [5.41, 5.74) is 2.68. The predicted octanol–water partition coefficient (Wildman–Crippen LogP) is 7.79. The number of likely N-dealkylation sites (N-methyl/N-ethyl adjacent to an activating group) is 1. The fourth-order valence-electron chi connectivity index (χ4n) is 6.25. The molecule has 55 heavy (non-hydrogen) atoms. The summed E-state index contributed by atoms with van der Waals surface area (Å²) in [7, 11) is 2.45. The molecule has 0 fully saturated rings. The average Bonchev–Trinajstić information content (AvgIpc) is 3.52. The molecule has 0 saturated carbocycles. The Morgan fingerprint density at radius 2 is 1.51 bits per heavy atom. The third kappa shape index (κ3) is 19.2. The van der Waals surface area contributed by atoms with Crippen molar-refractivity contribution in [2.75, 3.05) is 54.6 Å². The molecule has 1 heterocycles. The first-order chi connectivity index (χ1) is 26.1. The first-order valence-electron chi connectivity index (χ1n) is 20.1. The zero-order valence-electron chi connectivity index (χ0n) is 34.5. The average molecular weight is 798 g/mol. The number of phosphoric ester groups is 1. The number of phenols is 1. The summed E-state index contributed by atoms with van der Waals surface area (Å²) in [6.07, 6.45) is 16.8. The van der Waals surface area contributed by atoms with Gasteiger partial charge in [0.2, 0.25) is 0 Å². The van der Waals surface area contributed by atoms with Gasteiger partial charge in [-0.25, -0.2) is 4.79 Å². The van der Waals surface area contributed by atoms with Crippen LogP contribution in [0.4, 0.5) is 0 Å². The fourth-order valence-corrected chi connectivity index (χ4v) is 6.98. The smallest absolute Gasteiger partial charge is 0.342 e. The van der Waals surface area contributed by atoms with Crippen molar-refractivity contribution in [2.45, 2.75) is 143 Å². The number of fused-ring (bicyclic) bond motifs is 1. The van der Waals surface area contributed by atoms with Crippen LogP contribution in [0.2, 0.25) is 0 Å². The van der Waals surface area contributed by atoms with Crippen molar-refractivity contribution in [1.29, 1.82) is 0 Å². The van der Waals surface area contributed by atoms with Crippen LogP contribution in [0.1, 0.15) is 144 Å². The van der Waals surface area contributed by atoms with E-state index in [1.807, 2.05) is 34.1 Å². The third-order valence-electron chi connectivity index (χ3n) is 9.67. The van der Waals surface area contributed by atoms with Crippen LogP contribution in [0.5, 0.6) is 11.5 Å². The molecule has 0 aromatic heterocycles. The summed E-state index contributed by atoms with van der Waals surface area (Å²) >= 11 is 0. The van der Waals surface area contributed by atoms with Crippen molar-refractivity contribution in [3.63, 3.8) is 0 Å². The highest BCUT2D eigenvalue weighted by Gasteiger charge is 2.32. The maximum atomic E-state index is 12.9. The number of phenolic OH excluding ortho intramolecular Hbond substituents is 1. The number of ether oxygens (including phenoxy) is 4. The van der Waals surface area contributed by atoms with Crippen molar-refractivity contribution in [2.24, 2.45) is 0 Å². The topological polar surface area (TPSA) is 167 Å². The zero-order chi connectivity index (χ0) is 40.9. The Bertz CT molecular complexity index is 1440. The molecule has 14 heteroatoms. The number of hydrogen-bond donors (Lipinski definition) is 1. The van der Waals surface area contributed by atoms with Gasteiger partial charge in [0, 0.05) is 24.0 Å². The van der Waals surface area contributed by atoms with Gasteiger partial charge in [0.25, 0.3) is 7.82 Å². The van der Waals surface area contributed by atoms with Crippen molar-refractivity contribution in [3.8, 4) is 11.5 Å². The molecule has 13 nitrogen and oxygen atoms in total. The molecular weight excluding hydrogens is 729 g/mol. The first kappa shape index (κ1) is 48.2. The van der Waals surface area contributed by atoms with Gasteiger partial charge < -0.3 is 42.5 Å². The molecule has 0 radical (unpaired) electrons. The molecule has 0 bridgehead atoms. The van der Waals surface area contributed by atoms with E-state index in [4.69, 9.17) is 28.0 Å². The highest BCUT2D eigenvalue weighted by Crippen LogP contribution is 2.42. The normalized spacial score (nSPS) is 14.6. The highest BCUT2D eigenvalue weighted by atomic mass is 31.2. The number of rotatable bonds is 30. The second-order valence-corrected chi connectivity index (χ2v) is 17.0. The Balaban J connectivity index is 1.87. The summed E-state index contributed by atoms with van der Waals surface area (Å²) < 4.78 is 44.5. The summed E-state index contributed by atoms with van der Waals surface area (Å²) in [5.74, 6) is -1.41. The van der Waals surface area contributed by atoms with Crippen LogP contribution in [-0.4, -0.2) is 88.2 Å². The molecule has 1 unspecified atom stereocenters. The maximum Gasteiger partial charge on any atom is 0.342 e. The van der Waals surface area contributed by atoms with E-state index in [2.05, 4.69) is 6.92 Å². The predicted molar refractivity (Wildman–Crippen MR) is 209 cm³/mol. The maximum absolute atomic E-state index is 12.9. The Morgan fingerprint density at radius 1 is 0.909 bits per heavy atom. The van der Waals surface area contributed by atoms with Crippen LogP contribution in [-0.2, 0) is 50.4 Å². The molecule has 1 aromatic carbocycles. The number of carbonyl (C=O) groups is 3. The van der Waals surface area contributed by atoms with E-state index in [0.717, 1.165) is 24.8 Å². The number of benzene rings is 1. The van der Waals surface area contributed by atoms with Crippen LogP contribution < -0.4 is 9.63 Å². The summed E-state index contributed by atoms with van der Waals surface area (Å²) in [4.78, 5) is 50.1. The molecule has 0 aliphatic carbocycles. The molecule has 0 saturated heterocycles. The van der Waals surface area contributed by atoms with Gasteiger partial charge in [0.05, 0.1) is 34.9 Å². The third-order valence-corrected chi connectivity index (χ3v) is 10.6. The van der Waals surface area contributed by atoms with Crippen LogP contribution >= 0.6 is 7.82 Å². The number of esters is 3. The lowest BCUT2D eigenvalue weighted by Gasteiger charge is -2.28. The van der Waals surface area contributed by atoms with Gasteiger partial charge in [-0.05, 0) is 38.7 Å². The van der Waals surface area contributed by atoms with Crippen molar-refractivity contribution in [1.82, 2.24) is 0 Å². The van der Waals surface area contributed by atoms with Gasteiger partial charge in [-0.15, -0.1) is 0 Å². The van der Waals surface area contributed by atoms with Gasteiger partial charge in [0.15, 0.2) is 6.10 Å². The minimum absolute atomic E-state index is 0.0561. The van der Waals surface area contributed by atoms with E-state index in [-0.39, 0.29) is 56.8 Å². The quantitative estimate of drug-likeness (QED) is 0.0201. The van der Waals surface area contributed by atoms with E-state index in [0.29, 0.717) is 39.9 Å². The van der Waals surface area contributed by atoms with Crippen LogP contribution in [0.3, 0.4) is 0 Å². The minimum atomic E-state index is -4.72. The van der Waals surface area contributed by atoms with E-state index in [1.54, 1.807) is 6.92 Å². The molecule has 2 rings (SSSR count). The monoisotopic (exact) mass is 797 g/mol. The number of unbranched alkanes of at least 4 members (excludes halogenated alkanes) is 12. The standard InChI is InChI=1S/C41H68NO12P/c1-8-9-10-11-12-13-14-15-16-17-18-19-20-21-36(43)50-28-33(29-53-55(47,48)52-27-26-42(4,5)6)54-37(44)25-23-31(2)22-24-34-39(45)38-35(30-51-41(38)46)32(3)40(34)49-7/h22,33H,8-21,23-30H2,1-7H3,(H-,45,46,47,48)/b31-22+/t33-/m1/s1. The molecule has 0 amide bonds. The van der Waals surface area contributed by atoms with Gasteiger partial charge in [-0.2, -0.15) is 0 Å². The number of quaternary nitrogens is 1. The van der Waals surface area contributed by atoms with Crippen molar-refractivity contribution in [3.05, 3.63) is 33.9 Å². The minimum Gasteiger partial charge on any atom is -0.756 e. The summed E-state index contributed by atoms with van der Waals surface area (Å²) in [6, 6.07) is 0. The number of carbonyl (C=O) groups excluding carboxylic acids is 3. The van der Waals surface area contributed by atoms with Gasteiger partial charge >= 0.3 is 17.9 Å². The highest BCUT2D eigenvalue weighted by molar-refractivity contribution is 7.45. The Hall–Kier alpha value is -2.96. The molecular formula is C41H68NO12P. The summed E-state index contributed by atoms with van der Waals surface area (Å²) in [5, 5.41) is 10.9. The molecule has 1 N–H and O–H groups in total. The number of allylic oxidation sites excluding steroid dienone is 2. The second kappa shape index (κ2) is 25.3. The van der Waals surface area contributed by atoms with E-state index >= 15 is 0 Å². The lowest BCUT2D eigenvalue weighted by molar-refractivity contribution is -0.870. The lowest BCUT2D eigenvalue weighted by Crippen LogP contribution is -2.37. The number of hydrogen-bond acceptors (Lipinski definition) is 12. The van der Waals surface area contributed by atoms with Gasteiger partial charge in [0.1, 0.15) is 43.4 Å². The van der Waals surface area contributed by atoms with Crippen molar-refractivity contribution >= 4 is 25.7 Å². The lowest BCUT2D eigenvalue weighted by atomic mass is 9.94. The van der Waals surface area contributed by atoms with E-state index in [9.17, 15) is 28.9 Å².